The van der Waals surface area contributed by atoms with E-state index >= 15 is 0 Å². The number of nitrogen functional groups attached to an aromatic ring is 1. The van der Waals surface area contributed by atoms with Crippen LogP contribution in [0.3, 0.4) is 0 Å². The zero-order valence-electron chi connectivity index (χ0n) is 11.6. The second kappa shape index (κ2) is 4.94. The van der Waals surface area contributed by atoms with Crippen LogP contribution in [0, 0.1) is 5.41 Å². The highest BCUT2D eigenvalue weighted by molar-refractivity contribution is 7.91. The van der Waals surface area contributed by atoms with E-state index in [1.165, 1.54) is 19.1 Å². The van der Waals surface area contributed by atoms with E-state index in [1.54, 1.807) is 0 Å². The van der Waals surface area contributed by atoms with Crippen LogP contribution < -0.4 is 11.1 Å². The van der Waals surface area contributed by atoms with Crippen molar-refractivity contribution in [1.82, 2.24) is 4.37 Å². The molecule has 0 aliphatic heterocycles. The van der Waals surface area contributed by atoms with E-state index < -0.39 is 9.84 Å². The molecular formula is C12H21N3O2S2. The summed E-state index contributed by atoms with van der Waals surface area (Å²) in [7, 11) is -3.35. The van der Waals surface area contributed by atoms with Crippen molar-refractivity contribution in [3.8, 4) is 0 Å². The van der Waals surface area contributed by atoms with Gasteiger partial charge in [0.15, 0.2) is 15.7 Å². The first-order valence-electron chi connectivity index (χ1n) is 6.43. The van der Waals surface area contributed by atoms with Crippen LogP contribution in [0.4, 0.5) is 10.8 Å². The Labute approximate surface area is 118 Å². The first-order chi connectivity index (χ1) is 8.72. The predicted octanol–water partition coefficient (Wildman–Crippen LogP) is 2.51. The van der Waals surface area contributed by atoms with Crippen LogP contribution in [0.15, 0.2) is 4.90 Å². The number of nitrogens with zero attached hydrogens (tertiary/aromatic N) is 1. The van der Waals surface area contributed by atoms with Gasteiger partial charge in [0.2, 0.25) is 0 Å². The number of aromatic nitrogens is 1. The van der Waals surface area contributed by atoms with E-state index in [9.17, 15) is 8.42 Å². The first kappa shape index (κ1) is 14.6. The third kappa shape index (κ3) is 3.02. The highest BCUT2D eigenvalue weighted by atomic mass is 32.2. The number of hydrogen-bond acceptors (Lipinski definition) is 6. The second-order valence-corrected chi connectivity index (χ2v) is 8.66. The van der Waals surface area contributed by atoms with Crippen LogP contribution >= 0.6 is 11.5 Å². The molecule has 1 fully saturated rings. The van der Waals surface area contributed by atoms with Gasteiger partial charge in [-0.25, -0.2) is 8.42 Å². The quantitative estimate of drug-likeness (QED) is 0.896. The summed E-state index contributed by atoms with van der Waals surface area (Å²) in [6.45, 7) is 4.43. The fourth-order valence-corrected chi connectivity index (χ4v) is 4.77. The smallest absolute Gasteiger partial charge is 0.182 e. The van der Waals surface area contributed by atoms with E-state index in [0.717, 1.165) is 24.4 Å². The van der Waals surface area contributed by atoms with E-state index in [1.807, 2.05) is 0 Å². The summed E-state index contributed by atoms with van der Waals surface area (Å²) < 4.78 is 27.5. The van der Waals surface area contributed by atoms with Gasteiger partial charge in [-0.1, -0.05) is 26.7 Å². The van der Waals surface area contributed by atoms with E-state index in [2.05, 4.69) is 23.5 Å². The van der Waals surface area contributed by atoms with Crippen LogP contribution in [-0.2, 0) is 9.84 Å². The van der Waals surface area contributed by atoms with Gasteiger partial charge in [-0.2, -0.15) is 4.37 Å². The molecule has 1 aromatic heterocycles. The molecule has 1 aromatic rings. The standard InChI is InChI=1S/C12H21N3O2S2/c1-12(2)7-5-4-6-8(12)14-11-9(19(3,16)17)10(13)15-18-11/h8,14H,4-7H2,1-3H3,(H2,13,15). The molecule has 5 nitrogen and oxygen atoms in total. The van der Waals surface area contributed by atoms with Crippen LogP contribution in [0.25, 0.3) is 0 Å². The zero-order valence-corrected chi connectivity index (χ0v) is 13.2. The van der Waals surface area contributed by atoms with Crippen molar-refractivity contribution in [3.05, 3.63) is 0 Å². The summed E-state index contributed by atoms with van der Waals surface area (Å²) in [5.74, 6) is 0.101. The van der Waals surface area contributed by atoms with Gasteiger partial charge < -0.3 is 11.1 Å². The Morgan fingerprint density at radius 3 is 2.68 bits per heavy atom. The number of nitrogens with two attached hydrogens (primary N) is 1. The average Bonchev–Trinajstić information content (AvgIpc) is 2.62. The summed E-state index contributed by atoms with van der Waals surface area (Å²) in [5.41, 5.74) is 5.84. The van der Waals surface area contributed by atoms with Gasteiger partial charge in [0.25, 0.3) is 0 Å². The third-order valence-corrected chi connectivity index (χ3v) is 5.93. The summed E-state index contributed by atoms with van der Waals surface area (Å²) in [6, 6.07) is 0.265. The monoisotopic (exact) mass is 303 g/mol. The van der Waals surface area contributed by atoms with Crippen molar-refractivity contribution in [2.24, 2.45) is 5.41 Å². The molecule has 0 spiro atoms. The Kier molecular flexibility index (Phi) is 3.79. The maximum Gasteiger partial charge on any atom is 0.182 e. The average molecular weight is 303 g/mol. The van der Waals surface area contributed by atoms with E-state index in [4.69, 9.17) is 5.73 Å². The van der Waals surface area contributed by atoms with Crippen LogP contribution in [0.2, 0.25) is 0 Å². The molecular weight excluding hydrogens is 282 g/mol. The molecule has 0 aromatic carbocycles. The summed E-state index contributed by atoms with van der Waals surface area (Å²) in [4.78, 5) is 0.152. The lowest BCUT2D eigenvalue weighted by Crippen LogP contribution is -2.38. The molecule has 2 rings (SSSR count). The van der Waals surface area contributed by atoms with Crippen molar-refractivity contribution in [3.63, 3.8) is 0 Å². The predicted molar refractivity (Wildman–Crippen MR) is 79.3 cm³/mol. The van der Waals surface area contributed by atoms with Crippen molar-refractivity contribution < 1.29 is 8.42 Å². The minimum atomic E-state index is -3.35. The minimum Gasteiger partial charge on any atom is -0.382 e. The molecule has 0 bridgehead atoms. The zero-order chi connectivity index (χ0) is 14.3. The summed E-state index contributed by atoms with van der Waals surface area (Å²) >= 11 is 1.13. The number of nitrogens with one attached hydrogen (secondary N) is 1. The summed E-state index contributed by atoms with van der Waals surface area (Å²) in [5, 5.41) is 3.95. The van der Waals surface area contributed by atoms with Crippen molar-refractivity contribution in [1.29, 1.82) is 0 Å². The molecule has 3 N–H and O–H groups in total. The lowest BCUT2D eigenvalue weighted by molar-refractivity contribution is 0.217. The summed E-state index contributed by atoms with van der Waals surface area (Å²) in [6.07, 6.45) is 5.77. The van der Waals surface area contributed by atoms with E-state index in [-0.39, 0.29) is 22.2 Å². The van der Waals surface area contributed by atoms with Crippen molar-refractivity contribution in [2.45, 2.75) is 50.5 Å². The molecule has 7 heteroatoms. The topological polar surface area (TPSA) is 85.1 Å². The third-order valence-electron chi connectivity index (χ3n) is 3.86. The molecule has 1 atom stereocenters. The molecule has 1 saturated carbocycles. The van der Waals surface area contributed by atoms with Crippen LogP contribution in [-0.4, -0.2) is 25.1 Å². The number of hydrogen-bond donors (Lipinski definition) is 2. The van der Waals surface area contributed by atoms with E-state index in [0.29, 0.717) is 5.00 Å². The van der Waals surface area contributed by atoms with Crippen molar-refractivity contribution in [2.75, 3.05) is 17.3 Å². The Balaban J connectivity index is 2.29. The van der Waals surface area contributed by atoms with Gasteiger partial charge >= 0.3 is 0 Å². The SMILES string of the molecule is CC1(C)CCCCC1Nc1snc(N)c1S(C)(=O)=O. The maximum atomic E-state index is 11.8. The molecule has 0 radical (unpaired) electrons. The molecule has 1 aliphatic rings. The molecule has 108 valence electrons. The molecule has 0 amide bonds. The maximum absolute atomic E-state index is 11.8. The fraction of sp³-hybridized carbons (Fsp3) is 0.750. The van der Waals surface area contributed by atoms with Crippen LogP contribution in [0.5, 0.6) is 0 Å². The molecule has 19 heavy (non-hydrogen) atoms. The van der Waals surface area contributed by atoms with Gasteiger partial charge in [0, 0.05) is 12.3 Å². The lowest BCUT2D eigenvalue weighted by Gasteiger charge is -2.39. The largest absolute Gasteiger partial charge is 0.382 e. The fourth-order valence-electron chi connectivity index (χ4n) is 2.66. The Morgan fingerprint density at radius 2 is 2.11 bits per heavy atom. The van der Waals surface area contributed by atoms with Gasteiger partial charge in [-0.15, -0.1) is 0 Å². The first-order valence-corrected chi connectivity index (χ1v) is 9.10. The minimum absolute atomic E-state index is 0.101. The van der Waals surface area contributed by atoms with Crippen LogP contribution in [0.1, 0.15) is 39.5 Å². The Bertz CT molecular complexity index is 564. The number of anilines is 2. The van der Waals surface area contributed by atoms with Gasteiger partial charge in [0.1, 0.15) is 9.90 Å². The Morgan fingerprint density at radius 1 is 1.42 bits per heavy atom. The highest BCUT2D eigenvalue weighted by Gasteiger charge is 2.34. The molecule has 0 saturated heterocycles. The molecule has 1 aliphatic carbocycles. The van der Waals surface area contributed by atoms with Gasteiger partial charge in [0.05, 0.1) is 0 Å². The van der Waals surface area contributed by atoms with Gasteiger partial charge in [-0.3, -0.25) is 0 Å². The normalized spacial score (nSPS) is 23.2. The molecule has 1 heterocycles. The second-order valence-electron chi connectivity index (χ2n) is 5.93. The van der Waals surface area contributed by atoms with Crippen molar-refractivity contribution >= 4 is 32.2 Å². The van der Waals surface area contributed by atoms with Gasteiger partial charge in [-0.05, 0) is 29.8 Å². The highest BCUT2D eigenvalue weighted by Crippen LogP contribution is 2.40. The number of sulfone groups is 1. The number of rotatable bonds is 3. The molecule has 1 unspecified atom stereocenters. The Hall–Kier alpha value is -0.820. The lowest BCUT2D eigenvalue weighted by atomic mass is 9.73.